The van der Waals surface area contributed by atoms with E-state index in [9.17, 15) is 0 Å². The molecule has 2 atom stereocenters. The van der Waals surface area contributed by atoms with E-state index < -0.39 is 0 Å². The highest BCUT2D eigenvalue weighted by Gasteiger charge is 2.33. The van der Waals surface area contributed by atoms with Gasteiger partial charge in [0.05, 0.1) is 17.5 Å². The van der Waals surface area contributed by atoms with Crippen LogP contribution >= 0.6 is 0 Å². The van der Waals surface area contributed by atoms with Crippen LogP contribution in [-0.4, -0.2) is 56.7 Å². The topological polar surface area (TPSA) is 92.7 Å². The fraction of sp³-hybridized carbons (Fsp3) is 0.615. The summed E-state index contributed by atoms with van der Waals surface area (Å²) in [5, 5.41) is 15.1. The van der Waals surface area contributed by atoms with Crippen LogP contribution in [0.3, 0.4) is 0 Å². The van der Waals surface area contributed by atoms with Gasteiger partial charge in [0, 0.05) is 26.1 Å². The molecule has 0 aliphatic carbocycles. The summed E-state index contributed by atoms with van der Waals surface area (Å²) in [6, 6.07) is 0. The van der Waals surface area contributed by atoms with Crippen LogP contribution in [-0.2, 0) is 4.74 Å². The summed E-state index contributed by atoms with van der Waals surface area (Å²) in [7, 11) is 1.95. The van der Waals surface area contributed by atoms with Crippen LogP contribution in [0, 0.1) is 13.8 Å². The molecule has 0 aromatic carbocycles. The SMILES string of the molecule is Cc1nnc(N(C)C[C@H]2OCC[C@H]2c2ncn[nH]2)nc1C. The number of aromatic nitrogens is 6. The number of nitrogens with one attached hydrogen (secondary N) is 1. The number of anilines is 1. The lowest BCUT2D eigenvalue weighted by atomic mass is 10.0. The first-order chi connectivity index (χ1) is 10.1. The molecular formula is C13H19N7O. The van der Waals surface area contributed by atoms with Gasteiger partial charge in [-0.05, 0) is 20.3 Å². The Labute approximate surface area is 123 Å². The van der Waals surface area contributed by atoms with Crippen molar-refractivity contribution >= 4 is 5.95 Å². The molecule has 2 aromatic rings. The Kier molecular flexibility index (Phi) is 3.78. The fourth-order valence-electron chi connectivity index (χ4n) is 2.49. The maximum Gasteiger partial charge on any atom is 0.245 e. The highest BCUT2D eigenvalue weighted by Crippen LogP contribution is 2.29. The molecule has 0 spiro atoms. The van der Waals surface area contributed by atoms with E-state index >= 15 is 0 Å². The van der Waals surface area contributed by atoms with Gasteiger partial charge in [-0.15, -0.1) is 5.10 Å². The molecule has 8 heteroatoms. The maximum atomic E-state index is 5.83. The van der Waals surface area contributed by atoms with Crippen LogP contribution in [0.25, 0.3) is 0 Å². The van der Waals surface area contributed by atoms with E-state index in [1.165, 1.54) is 6.33 Å². The van der Waals surface area contributed by atoms with E-state index in [2.05, 4.69) is 30.4 Å². The maximum absolute atomic E-state index is 5.83. The highest BCUT2D eigenvalue weighted by atomic mass is 16.5. The molecule has 21 heavy (non-hydrogen) atoms. The molecule has 1 N–H and O–H groups in total. The predicted molar refractivity (Wildman–Crippen MR) is 76.1 cm³/mol. The number of ether oxygens (including phenoxy) is 1. The van der Waals surface area contributed by atoms with Crippen LogP contribution < -0.4 is 4.90 Å². The van der Waals surface area contributed by atoms with Crippen LogP contribution in [0.4, 0.5) is 5.95 Å². The zero-order valence-electron chi connectivity index (χ0n) is 12.4. The standard InChI is InChI=1S/C13H19N7O/c1-8-9(2)17-19-13(16-8)20(3)6-11-10(4-5-21-11)12-14-7-15-18-12/h7,10-11H,4-6H2,1-3H3,(H,14,15,18)/t10-,11-/m1/s1. The monoisotopic (exact) mass is 289 g/mol. The summed E-state index contributed by atoms with van der Waals surface area (Å²) in [5.74, 6) is 1.73. The van der Waals surface area contributed by atoms with Crippen molar-refractivity contribution in [2.75, 3.05) is 25.1 Å². The minimum atomic E-state index is 0.0492. The summed E-state index contributed by atoms with van der Waals surface area (Å²) in [5.41, 5.74) is 1.75. The van der Waals surface area contributed by atoms with Gasteiger partial charge in [0.2, 0.25) is 5.95 Å². The van der Waals surface area contributed by atoms with Gasteiger partial charge < -0.3 is 9.64 Å². The Morgan fingerprint density at radius 2 is 2.19 bits per heavy atom. The van der Waals surface area contributed by atoms with Crippen molar-refractivity contribution in [1.29, 1.82) is 0 Å². The Bertz CT molecular complexity index is 601. The lowest BCUT2D eigenvalue weighted by molar-refractivity contribution is 0.108. The summed E-state index contributed by atoms with van der Waals surface area (Å²) in [6.07, 6.45) is 2.53. The summed E-state index contributed by atoms with van der Waals surface area (Å²) < 4.78 is 5.83. The number of hydrogen-bond acceptors (Lipinski definition) is 7. The van der Waals surface area contributed by atoms with Crippen LogP contribution in [0.1, 0.15) is 29.6 Å². The second-order valence-electron chi connectivity index (χ2n) is 5.34. The van der Waals surface area contributed by atoms with Crippen molar-refractivity contribution in [3.8, 4) is 0 Å². The molecule has 3 heterocycles. The molecule has 112 valence electrons. The lowest BCUT2D eigenvalue weighted by Gasteiger charge is -2.23. The van der Waals surface area contributed by atoms with Crippen molar-refractivity contribution in [2.24, 2.45) is 0 Å². The summed E-state index contributed by atoms with van der Waals surface area (Å²) in [4.78, 5) is 10.7. The lowest BCUT2D eigenvalue weighted by Crippen LogP contribution is -2.33. The van der Waals surface area contributed by atoms with Gasteiger partial charge in [0.1, 0.15) is 12.2 Å². The third kappa shape index (κ3) is 2.85. The van der Waals surface area contributed by atoms with Crippen LogP contribution in [0.15, 0.2) is 6.33 Å². The zero-order valence-corrected chi connectivity index (χ0v) is 12.4. The first-order valence-electron chi connectivity index (χ1n) is 7.01. The van der Waals surface area contributed by atoms with Gasteiger partial charge in [-0.2, -0.15) is 10.2 Å². The summed E-state index contributed by atoms with van der Waals surface area (Å²) >= 11 is 0. The van der Waals surface area contributed by atoms with Gasteiger partial charge >= 0.3 is 0 Å². The number of H-pyrrole nitrogens is 1. The van der Waals surface area contributed by atoms with E-state index in [-0.39, 0.29) is 12.0 Å². The normalized spacial score (nSPS) is 21.7. The molecule has 1 fully saturated rings. The molecular weight excluding hydrogens is 270 g/mol. The molecule has 1 aliphatic rings. The quantitative estimate of drug-likeness (QED) is 0.881. The molecule has 0 amide bonds. The fourth-order valence-corrected chi connectivity index (χ4v) is 2.49. The van der Waals surface area contributed by atoms with E-state index in [4.69, 9.17) is 4.74 Å². The Morgan fingerprint density at radius 3 is 2.90 bits per heavy atom. The summed E-state index contributed by atoms with van der Waals surface area (Å²) in [6.45, 7) is 5.26. The van der Waals surface area contributed by atoms with E-state index in [0.29, 0.717) is 12.5 Å². The third-order valence-electron chi connectivity index (χ3n) is 3.87. The van der Waals surface area contributed by atoms with Crippen molar-refractivity contribution < 1.29 is 4.74 Å². The molecule has 3 rings (SSSR count). The van der Waals surface area contributed by atoms with Gasteiger partial charge in [-0.3, -0.25) is 5.10 Å². The number of aryl methyl sites for hydroxylation is 2. The predicted octanol–water partition coefficient (Wildman–Crippen LogP) is 0.615. The van der Waals surface area contributed by atoms with E-state index in [1.807, 2.05) is 25.8 Å². The van der Waals surface area contributed by atoms with Crippen LogP contribution in [0.5, 0.6) is 0 Å². The Balaban J connectivity index is 1.71. The molecule has 8 nitrogen and oxygen atoms in total. The van der Waals surface area contributed by atoms with Gasteiger partial charge in [-0.1, -0.05) is 0 Å². The van der Waals surface area contributed by atoms with Crippen molar-refractivity contribution in [2.45, 2.75) is 32.3 Å². The molecule has 1 aliphatic heterocycles. The third-order valence-corrected chi connectivity index (χ3v) is 3.87. The minimum absolute atomic E-state index is 0.0492. The molecule has 0 saturated carbocycles. The Hall–Kier alpha value is -2.09. The van der Waals surface area contributed by atoms with Gasteiger partial charge in [0.25, 0.3) is 0 Å². The zero-order chi connectivity index (χ0) is 14.8. The van der Waals surface area contributed by atoms with Crippen molar-refractivity contribution in [1.82, 2.24) is 30.4 Å². The molecule has 0 radical (unpaired) electrons. The largest absolute Gasteiger partial charge is 0.376 e. The van der Waals surface area contributed by atoms with E-state index in [1.54, 1.807) is 0 Å². The van der Waals surface area contributed by atoms with Gasteiger partial charge in [0.15, 0.2) is 0 Å². The average Bonchev–Trinajstić information content (AvgIpc) is 3.12. The van der Waals surface area contributed by atoms with Crippen LogP contribution in [0.2, 0.25) is 0 Å². The molecule has 0 bridgehead atoms. The number of hydrogen-bond donors (Lipinski definition) is 1. The second kappa shape index (κ2) is 5.72. The number of nitrogens with zero attached hydrogens (tertiary/aromatic N) is 6. The first-order valence-corrected chi connectivity index (χ1v) is 7.01. The number of aromatic amines is 1. The smallest absolute Gasteiger partial charge is 0.245 e. The molecule has 0 unspecified atom stereocenters. The van der Waals surface area contributed by atoms with Gasteiger partial charge in [-0.25, -0.2) is 9.97 Å². The highest BCUT2D eigenvalue weighted by molar-refractivity contribution is 5.29. The molecule has 1 saturated heterocycles. The van der Waals surface area contributed by atoms with E-state index in [0.717, 1.165) is 30.2 Å². The second-order valence-corrected chi connectivity index (χ2v) is 5.34. The molecule has 2 aromatic heterocycles. The van der Waals surface area contributed by atoms with Crippen molar-refractivity contribution in [3.05, 3.63) is 23.5 Å². The van der Waals surface area contributed by atoms with Crippen molar-refractivity contribution in [3.63, 3.8) is 0 Å². The minimum Gasteiger partial charge on any atom is -0.376 e. The number of rotatable bonds is 4. The first kappa shape index (κ1) is 13.9. The Morgan fingerprint density at radius 1 is 1.33 bits per heavy atom. The average molecular weight is 289 g/mol. The number of likely N-dealkylation sites (N-methyl/N-ethyl adjacent to an activating group) is 1.